The Balaban J connectivity index is 1.47. The van der Waals surface area contributed by atoms with Crippen LogP contribution >= 0.6 is 0 Å². The first kappa shape index (κ1) is 24.1. The molecule has 0 N–H and O–H groups in total. The lowest BCUT2D eigenvalue weighted by Crippen LogP contribution is -2.38. The predicted molar refractivity (Wildman–Crippen MR) is 134 cm³/mol. The third-order valence-corrected chi connectivity index (χ3v) is 5.75. The fourth-order valence-corrected chi connectivity index (χ4v) is 4.02. The second kappa shape index (κ2) is 13.0. The van der Waals surface area contributed by atoms with Crippen LogP contribution in [0.3, 0.4) is 0 Å². The van der Waals surface area contributed by atoms with Crippen molar-refractivity contribution in [1.82, 2.24) is 0 Å². The van der Waals surface area contributed by atoms with E-state index in [-0.39, 0.29) is 24.4 Å². The summed E-state index contributed by atoms with van der Waals surface area (Å²) in [6.45, 7) is 5.70. The molecule has 0 saturated carbocycles. The SMILES string of the molecule is C=C/C=C/C1O[C@H](COCc2ccccc2)[C@@H](OCc2ccccc2)[C@@H]1OCc1ccccc1. The van der Waals surface area contributed by atoms with Gasteiger partial charge in [-0.3, -0.25) is 0 Å². The maximum Gasteiger partial charge on any atom is 0.116 e. The Kier molecular flexibility index (Phi) is 9.23. The van der Waals surface area contributed by atoms with E-state index < -0.39 is 0 Å². The third-order valence-electron chi connectivity index (χ3n) is 5.75. The average molecular weight is 457 g/mol. The minimum absolute atomic E-state index is 0.257. The third kappa shape index (κ3) is 6.99. The Labute approximate surface area is 202 Å². The lowest BCUT2D eigenvalue weighted by atomic mass is 10.1. The Morgan fingerprint density at radius 1 is 0.676 bits per heavy atom. The molecule has 1 fully saturated rings. The lowest BCUT2D eigenvalue weighted by Gasteiger charge is -2.24. The summed E-state index contributed by atoms with van der Waals surface area (Å²) in [5.74, 6) is 0. The van der Waals surface area contributed by atoms with E-state index in [1.807, 2.05) is 66.7 Å². The number of rotatable bonds is 12. The van der Waals surface area contributed by atoms with E-state index in [0.29, 0.717) is 26.4 Å². The second-order valence-corrected chi connectivity index (χ2v) is 8.28. The molecule has 4 atom stereocenters. The van der Waals surface area contributed by atoms with Gasteiger partial charge in [0.1, 0.15) is 24.4 Å². The van der Waals surface area contributed by atoms with Crippen LogP contribution in [0.2, 0.25) is 0 Å². The van der Waals surface area contributed by atoms with Gasteiger partial charge in [-0.2, -0.15) is 0 Å². The summed E-state index contributed by atoms with van der Waals surface area (Å²) in [5, 5.41) is 0. The van der Waals surface area contributed by atoms with E-state index in [4.69, 9.17) is 18.9 Å². The molecule has 3 aromatic rings. The van der Waals surface area contributed by atoms with Crippen LogP contribution in [0.5, 0.6) is 0 Å². The lowest BCUT2D eigenvalue weighted by molar-refractivity contribution is -0.0896. The first-order valence-corrected chi connectivity index (χ1v) is 11.7. The van der Waals surface area contributed by atoms with Crippen LogP contribution in [0.25, 0.3) is 0 Å². The molecule has 34 heavy (non-hydrogen) atoms. The minimum Gasteiger partial charge on any atom is -0.374 e. The molecule has 0 bridgehead atoms. The van der Waals surface area contributed by atoms with E-state index in [9.17, 15) is 0 Å². The van der Waals surface area contributed by atoms with Crippen LogP contribution in [0.4, 0.5) is 0 Å². The molecule has 0 amide bonds. The van der Waals surface area contributed by atoms with E-state index in [1.165, 1.54) is 0 Å². The quantitative estimate of drug-likeness (QED) is 0.319. The summed E-state index contributed by atoms with van der Waals surface area (Å²) >= 11 is 0. The van der Waals surface area contributed by atoms with Crippen LogP contribution in [0.1, 0.15) is 16.7 Å². The highest BCUT2D eigenvalue weighted by atomic mass is 16.6. The molecule has 1 heterocycles. The fourth-order valence-electron chi connectivity index (χ4n) is 4.02. The molecule has 4 rings (SSSR count). The molecule has 1 aliphatic heterocycles. The van der Waals surface area contributed by atoms with Gasteiger partial charge in [0, 0.05) is 0 Å². The average Bonchev–Trinajstić information content (AvgIpc) is 3.22. The van der Waals surface area contributed by atoms with Crippen molar-refractivity contribution in [2.24, 2.45) is 0 Å². The van der Waals surface area contributed by atoms with Crippen LogP contribution < -0.4 is 0 Å². The van der Waals surface area contributed by atoms with Crippen LogP contribution in [0, 0.1) is 0 Å². The standard InChI is InChI=1S/C30H32O4/c1-2-3-19-27-29(32-21-25-15-9-5-10-16-25)30(33-22-26-17-11-6-12-18-26)28(34-27)23-31-20-24-13-7-4-8-14-24/h2-19,27-30H,1,20-23H2/b19-3+/t27?,28-,29-,30-/m1/s1. The molecular formula is C30H32O4. The van der Waals surface area contributed by atoms with Crippen LogP contribution in [-0.4, -0.2) is 31.0 Å². The van der Waals surface area contributed by atoms with Gasteiger partial charge in [0.25, 0.3) is 0 Å². The zero-order chi connectivity index (χ0) is 23.4. The van der Waals surface area contributed by atoms with Gasteiger partial charge < -0.3 is 18.9 Å². The highest BCUT2D eigenvalue weighted by Gasteiger charge is 2.45. The fraction of sp³-hybridized carbons (Fsp3) is 0.267. The molecular weight excluding hydrogens is 424 g/mol. The summed E-state index contributed by atoms with van der Waals surface area (Å²) in [7, 11) is 0. The molecule has 0 aliphatic carbocycles. The molecule has 0 spiro atoms. The van der Waals surface area contributed by atoms with Crippen LogP contribution in [-0.2, 0) is 38.8 Å². The van der Waals surface area contributed by atoms with Gasteiger partial charge in [-0.1, -0.05) is 116 Å². The Morgan fingerprint density at radius 2 is 1.18 bits per heavy atom. The molecule has 1 unspecified atom stereocenters. The summed E-state index contributed by atoms with van der Waals surface area (Å²) in [6.07, 6.45) is 4.56. The van der Waals surface area contributed by atoms with E-state index in [2.05, 4.69) is 43.0 Å². The molecule has 4 heteroatoms. The van der Waals surface area contributed by atoms with E-state index in [1.54, 1.807) is 6.08 Å². The second-order valence-electron chi connectivity index (χ2n) is 8.28. The summed E-state index contributed by atoms with van der Waals surface area (Å²) in [6, 6.07) is 30.5. The number of benzene rings is 3. The van der Waals surface area contributed by atoms with Gasteiger partial charge in [0.05, 0.1) is 26.4 Å². The molecule has 4 nitrogen and oxygen atoms in total. The van der Waals surface area contributed by atoms with Crippen molar-refractivity contribution in [3.05, 3.63) is 132 Å². The van der Waals surface area contributed by atoms with Crippen molar-refractivity contribution >= 4 is 0 Å². The monoisotopic (exact) mass is 456 g/mol. The normalized spacial score (nSPS) is 22.2. The van der Waals surface area contributed by atoms with Gasteiger partial charge >= 0.3 is 0 Å². The maximum atomic E-state index is 6.43. The van der Waals surface area contributed by atoms with Gasteiger partial charge in [-0.25, -0.2) is 0 Å². The summed E-state index contributed by atoms with van der Waals surface area (Å²) in [5.41, 5.74) is 3.35. The van der Waals surface area contributed by atoms with E-state index >= 15 is 0 Å². The van der Waals surface area contributed by atoms with Gasteiger partial charge in [-0.15, -0.1) is 0 Å². The van der Waals surface area contributed by atoms with Crippen molar-refractivity contribution in [3.8, 4) is 0 Å². The maximum absolute atomic E-state index is 6.43. The number of allylic oxidation sites excluding steroid dienone is 2. The first-order valence-electron chi connectivity index (χ1n) is 11.7. The minimum atomic E-state index is -0.279. The number of hydrogen-bond acceptors (Lipinski definition) is 4. The van der Waals surface area contributed by atoms with Crippen LogP contribution in [0.15, 0.2) is 116 Å². The highest BCUT2D eigenvalue weighted by Crippen LogP contribution is 2.30. The van der Waals surface area contributed by atoms with Crippen molar-refractivity contribution in [1.29, 1.82) is 0 Å². The Hall–Kier alpha value is -3.02. The summed E-state index contributed by atoms with van der Waals surface area (Å²) < 4.78 is 25.3. The van der Waals surface area contributed by atoms with Crippen molar-refractivity contribution < 1.29 is 18.9 Å². The Morgan fingerprint density at radius 3 is 1.71 bits per heavy atom. The predicted octanol–water partition coefficient (Wildman–Crippen LogP) is 5.88. The highest BCUT2D eigenvalue weighted by molar-refractivity contribution is 5.16. The molecule has 1 aliphatic rings. The molecule has 176 valence electrons. The molecule has 0 radical (unpaired) electrons. The van der Waals surface area contributed by atoms with Gasteiger partial charge in [0.2, 0.25) is 0 Å². The topological polar surface area (TPSA) is 36.9 Å². The van der Waals surface area contributed by atoms with Crippen molar-refractivity contribution in [3.63, 3.8) is 0 Å². The summed E-state index contributed by atoms with van der Waals surface area (Å²) in [4.78, 5) is 0. The van der Waals surface area contributed by atoms with Crippen molar-refractivity contribution in [2.75, 3.05) is 6.61 Å². The molecule has 3 aromatic carbocycles. The number of hydrogen-bond donors (Lipinski definition) is 0. The van der Waals surface area contributed by atoms with Gasteiger partial charge in [0.15, 0.2) is 0 Å². The largest absolute Gasteiger partial charge is 0.374 e. The van der Waals surface area contributed by atoms with E-state index in [0.717, 1.165) is 16.7 Å². The Bertz CT molecular complexity index is 1000. The first-order chi connectivity index (χ1) is 16.8. The zero-order valence-corrected chi connectivity index (χ0v) is 19.4. The number of ether oxygens (including phenoxy) is 4. The molecule has 0 aromatic heterocycles. The smallest absolute Gasteiger partial charge is 0.116 e. The van der Waals surface area contributed by atoms with Crippen molar-refractivity contribution in [2.45, 2.75) is 44.2 Å². The zero-order valence-electron chi connectivity index (χ0n) is 19.4. The van der Waals surface area contributed by atoms with Gasteiger partial charge in [-0.05, 0) is 16.7 Å². The molecule has 1 saturated heterocycles.